The third-order valence-electron chi connectivity index (χ3n) is 7.09. The summed E-state index contributed by atoms with van der Waals surface area (Å²) in [4.78, 5) is 25.0. The Morgan fingerprint density at radius 2 is 1.81 bits per heavy atom. The van der Waals surface area contributed by atoms with E-state index in [1.807, 2.05) is 20.8 Å². The van der Waals surface area contributed by atoms with Crippen LogP contribution in [-0.4, -0.2) is 40.6 Å². The fraction of sp³-hybridized carbons (Fsp3) is 0.684. The van der Waals surface area contributed by atoms with Crippen LogP contribution in [0.5, 0.6) is 0 Å². The van der Waals surface area contributed by atoms with Crippen LogP contribution in [0.4, 0.5) is 0 Å². The summed E-state index contributed by atoms with van der Waals surface area (Å²) in [6, 6.07) is 1.40. The Labute approximate surface area is 149 Å². The first-order valence-corrected chi connectivity index (χ1v) is 9.04. The molecule has 3 fully saturated rings. The molecule has 0 aromatic carbocycles. The van der Waals surface area contributed by atoms with Crippen LogP contribution in [0.1, 0.15) is 56.6 Å². The summed E-state index contributed by atoms with van der Waals surface area (Å²) >= 11 is 0. The molecule has 0 spiro atoms. The second kappa shape index (κ2) is 4.58. The average Bonchev–Trinajstić information content (AvgIpc) is 3.33. The number of ether oxygens (including phenoxy) is 2. The second-order valence-electron chi connectivity index (χ2n) is 8.74. The molecule has 0 radical (unpaired) electrons. The van der Waals surface area contributed by atoms with E-state index in [1.165, 1.54) is 6.07 Å². The maximum atomic E-state index is 12.7. The van der Waals surface area contributed by atoms with Gasteiger partial charge in [-0.05, 0) is 12.5 Å². The van der Waals surface area contributed by atoms with Crippen molar-refractivity contribution in [2.45, 2.75) is 69.5 Å². The van der Waals surface area contributed by atoms with E-state index in [2.05, 4.69) is 0 Å². The number of rotatable bonds is 1. The normalized spacial score (nSPS) is 47.9. The van der Waals surface area contributed by atoms with Gasteiger partial charge in [0.1, 0.15) is 29.5 Å². The zero-order valence-corrected chi connectivity index (χ0v) is 15.1. The van der Waals surface area contributed by atoms with E-state index in [0.29, 0.717) is 16.9 Å². The summed E-state index contributed by atoms with van der Waals surface area (Å²) in [7, 11) is 0. The van der Waals surface area contributed by atoms with Crippen molar-refractivity contribution in [1.29, 1.82) is 0 Å². The van der Waals surface area contributed by atoms with Gasteiger partial charge in [0, 0.05) is 28.9 Å². The van der Waals surface area contributed by atoms with Crippen LogP contribution in [0.2, 0.25) is 0 Å². The monoisotopic (exact) mass is 362 g/mol. The summed E-state index contributed by atoms with van der Waals surface area (Å²) in [5.74, 6) is -0.739. The number of hydrogen-bond acceptors (Lipinski definition) is 7. The summed E-state index contributed by atoms with van der Waals surface area (Å²) in [6.45, 7) is 7.38. The number of fused-ring (bicyclic) bond motifs is 4. The van der Waals surface area contributed by atoms with Gasteiger partial charge in [0.05, 0.1) is 12.2 Å². The Kier molecular flexibility index (Phi) is 2.90. The van der Waals surface area contributed by atoms with Crippen LogP contribution in [0.25, 0.3) is 0 Å². The number of hydrogen-bond donors (Lipinski definition) is 2. The van der Waals surface area contributed by atoms with Gasteiger partial charge in [-0.15, -0.1) is 0 Å². The Bertz CT molecular complexity index is 888. The van der Waals surface area contributed by atoms with Gasteiger partial charge < -0.3 is 24.1 Å². The van der Waals surface area contributed by atoms with Gasteiger partial charge >= 0.3 is 11.6 Å². The molecule has 4 aliphatic rings. The highest BCUT2D eigenvalue weighted by molar-refractivity contribution is 5.82. The smallest absolute Gasteiger partial charge is 0.336 e. The van der Waals surface area contributed by atoms with Crippen LogP contribution < -0.4 is 5.63 Å². The largest absolute Gasteiger partial charge is 0.458 e. The van der Waals surface area contributed by atoms with Gasteiger partial charge in [-0.1, -0.05) is 20.8 Å². The molecular formula is C19H22O7. The molecule has 2 N–H and O–H groups in total. The lowest BCUT2D eigenvalue weighted by molar-refractivity contribution is -0.156. The molecule has 2 saturated heterocycles. The Hall–Kier alpha value is -1.70. The molecule has 3 heterocycles. The van der Waals surface area contributed by atoms with E-state index in [1.54, 1.807) is 6.92 Å². The van der Waals surface area contributed by atoms with Gasteiger partial charge in [-0.25, -0.2) is 4.79 Å². The number of epoxide rings is 1. The number of carbonyl (C=O) groups excluding carboxylic acids is 1. The van der Waals surface area contributed by atoms with Crippen molar-refractivity contribution in [2.75, 3.05) is 0 Å². The molecule has 26 heavy (non-hydrogen) atoms. The lowest BCUT2D eigenvalue weighted by Gasteiger charge is -2.51. The molecule has 7 heteroatoms. The first kappa shape index (κ1) is 16.5. The van der Waals surface area contributed by atoms with Crippen LogP contribution >= 0.6 is 0 Å². The summed E-state index contributed by atoms with van der Waals surface area (Å²) in [6.07, 6.45) is -3.74. The van der Waals surface area contributed by atoms with Crippen LogP contribution in [-0.2, 0) is 19.7 Å². The highest BCUT2D eigenvalue weighted by atomic mass is 16.6. The minimum Gasteiger partial charge on any atom is -0.458 e. The number of carbonyl (C=O) groups is 1. The first-order valence-electron chi connectivity index (χ1n) is 9.04. The molecule has 1 unspecified atom stereocenters. The molecule has 0 bridgehead atoms. The Morgan fingerprint density at radius 3 is 2.46 bits per heavy atom. The number of aliphatic hydroxyl groups excluding tert-OH is 2. The van der Waals surface area contributed by atoms with Gasteiger partial charge in [-0.3, -0.25) is 4.79 Å². The molecule has 0 amide bonds. The number of aliphatic hydroxyl groups is 2. The zero-order chi connectivity index (χ0) is 18.8. The van der Waals surface area contributed by atoms with E-state index >= 15 is 0 Å². The van der Waals surface area contributed by atoms with E-state index in [0.717, 1.165) is 0 Å². The fourth-order valence-electron chi connectivity index (χ4n) is 5.85. The standard InChI is InChI=1S/C19H22O7/c1-6(2)11-9-7(5-8(20)24-11)18(3)14-12(10(9)21)26-17(23)19(14,4)15(22)13-16(18)25-13/h5-6,10,12-16,21-22H,1-4H3/t10-,12-,13+,14-,15+,16?,18-,19-/m1/s1. The molecule has 1 aromatic heterocycles. The van der Waals surface area contributed by atoms with Crippen molar-refractivity contribution < 1.29 is 28.9 Å². The fourth-order valence-corrected chi connectivity index (χ4v) is 5.85. The van der Waals surface area contributed by atoms with E-state index in [-0.39, 0.29) is 12.0 Å². The topological polar surface area (TPSA) is 110 Å². The van der Waals surface area contributed by atoms with Crippen molar-refractivity contribution >= 4 is 5.97 Å². The molecule has 1 aromatic rings. The number of esters is 1. The molecule has 8 atom stereocenters. The second-order valence-corrected chi connectivity index (χ2v) is 8.74. The zero-order valence-electron chi connectivity index (χ0n) is 15.1. The lowest BCUT2D eigenvalue weighted by Crippen LogP contribution is -2.62. The third-order valence-corrected chi connectivity index (χ3v) is 7.09. The van der Waals surface area contributed by atoms with Crippen molar-refractivity contribution in [2.24, 2.45) is 11.3 Å². The SMILES string of the molecule is CC(C)c1oc(=O)cc2c1[C@@H](O)[C@H]1OC(=O)[C@@]3(C)[C@@H](O)[C@@H]4OC4[C@@]2(C)[C@@H]13. The van der Waals surface area contributed by atoms with Crippen molar-refractivity contribution in [1.82, 2.24) is 0 Å². The van der Waals surface area contributed by atoms with Crippen molar-refractivity contribution in [3.8, 4) is 0 Å². The quantitative estimate of drug-likeness (QED) is 0.560. The van der Waals surface area contributed by atoms with E-state index in [9.17, 15) is 19.8 Å². The van der Waals surface area contributed by atoms with Gasteiger partial charge in [-0.2, -0.15) is 0 Å². The summed E-state index contributed by atoms with van der Waals surface area (Å²) in [5, 5.41) is 21.8. The lowest BCUT2D eigenvalue weighted by atomic mass is 9.48. The average molecular weight is 362 g/mol. The van der Waals surface area contributed by atoms with E-state index < -0.39 is 52.8 Å². The molecule has 2 aliphatic heterocycles. The molecule has 7 nitrogen and oxygen atoms in total. The van der Waals surface area contributed by atoms with Crippen LogP contribution in [0, 0.1) is 11.3 Å². The van der Waals surface area contributed by atoms with E-state index in [4.69, 9.17) is 13.9 Å². The molecular weight excluding hydrogens is 340 g/mol. The maximum absolute atomic E-state index is 12.7. The molecule has 140 valence electrons. The highest BCUT2D eigenvalue weighted by Crippen LogP contribution is 2.68. The van der Waals surface area contributed by atoms with Crippen LogP contribution in [0.15, 0.2) is 15.3 Å². The minimum absolute atomic E-state index is 0.124. The molecule has 2 aliphatic carbocycles. The third kappa shape index (κ3) is 1.57. The predicted molar refractivity (Wildman–Crippen MR) is 87.5 cm³/mol. The maximum Gasteiger partial charge on any atom is 0.336 e. The van der Waals surface area contributed by atoms with Gasteiger partial charge in [0.15, 0.2) is 0 Å². The first-order chi connectivity index (χ1) is 12.1. The Balaban J connectivity index is 1.85. The predicted octanol–water partition coefficient (Wildman–Crippen LogP) is 0.758. The van der Waals surface area contributed by atoms with Gasteiger partial charge in [0.25, 0.3) is 0 Å². The van der Waals surface area contributed by atoms with Crippen molar-refractivity contribution in [3.63, 3.8) is 0 Å². The Morgan fingerprint density at radius 1 is 1.12 bits per heavy atom. The van der Waals surface area contributed by atoms with Gasteiger partial charge in [0.2, 0.25) is 0 Å². The molecule has 5 rings (SSSR count). The molecule has 1 saturated carbocycles. The highest BCUT2D eigenvalue weighted by Gasteiger charge is 2.79. The summed E-state index contributed by atoms with van der Waals surface area (Å²) < 4.78 is 16.8. The minimum atomic E-state index is -1.19. The van der Waals surface area contributed by atoms with Crippen LogP contribution in [0.3, 0.4) is 0 Å². The van der Waals surface area contributed by atoms with Crippen molar-refractivity contribution in [3.05, 3.63) is 33.4 Å². The summed E-state index contributed by atoms with van der Waals surface area (Å²) in [5.41, 5.74) is -1.25.